The van der Waals surface area contributed by atoms with Crippen molar-refractivity contribution in [2.45, 2.75) is 26.9 Å². The molecule has 0 radical (unpaired) electrons. The molecule has 5 heteroatoms. The van der Waals surface area contributed by atoms with E-state index in [2.05, 4.69) is 0 Å². The van der Waals surface area contributed by atoms with Crippen molar-refractivity contribution in [2.24, 2.45) is 11.3 Å². The summed E-state index contributed by atoms with van der Waals surface area (Å²) in [4.78, 5) is 21.8. The van der Waals surface area contributed by atoms with Gasteiger partial charge in [0.2, 0.25) is 0 Å². The number of aliphatic hydroxyl groups is 1. The fourth-order valence-corrected chi connectivity index (χ4v) is 1.94. The second kappa shape index (κ2) is 4.55. The van der Waals surface area contributed by atoms with Crippen molar-refractivity contribution in [3.8, 4) is 0 Å². The van der Waals surface area contributed by atoms with Crippen LogP contribution in [0.25, 0.3) is 0 Å². The van der Waals surface area contributed by atoms with Gasteiger partial charge in [0.05, 0.1) is 18.4 Å². The smallest absolute Gasteiger partial charge is 0.337 e. The van der Waals surface area contributed by atoms with Crippen molar-refractivity contribution in [1.29, 1.82) is 0 Å². The van der Waals surface area contributed by atoms with Crippen LogP contribution in [0.5, 0.6) is 0 Å². The van der Waals surface area contributed by atoms with E-state index in [1.807, 2.05) is 13.8 Å². The van der Waals surface area contributed by atoms with Crippen molar-refractivity contribution in [3.05, 3.63) is 11.8 Å². The maximum atomic E-state index is 11.5. The van der Waals surface area contributed by atoms with Gasteiger partial charge in [-0.2, -0.15) is 0 Å². The molecule has 1 saturated carbocycles. The van der Waals surface area contributed by atoms with E-state index in [0.29, 0.717) is 6.47 Å². The van der Waals surface area contributed by atoms with Gasteiger partial charge in [0.15, 0.2) is 0 Å². The molecule has 0 aromatic carbocycles. The third-order valence-electron chi connectivity index (χ3n) is 2.92. The van der Waals surface area contributed by atoms with Crippen LogP contribution in [0, 0.1) is 11.3 Å². The van der Waals surface area contributed by atoms with E-state index in [1.165, 1.54) is 0 Å². The Bertz CT molecular complexity index is 318. The minimum atomic E-state index is -0.569. The molecule has 16 heavy (non-hydrogen) atoms. The quantitative estimate of drug-likeness (QED) is 0.331. The van der Waals surface area contributed by atoms with Crippen LogP contribution >= 0.6 is 0 Å². The number of rotatable bonds is 5. The number of aliphatic hydroxyl groups excluding tert-OH is 1. The Morgan fingerprint density at radius 1 is 1.50 bits per heavy atom. The summed E-state index contributed by atoms with van der Waals surface area (Å²) in [6, 6.07) is 0. The lowest BCUT2D eigenvalue weighted by Gasteiger charge is -2.05. The first-order valence-electron chi connectivity index (χ1n) is 5.11. The molecule has 0 amide bonds. The summed E-state index contributed by atoms with van der Waals surface area (Å²) in [5, 5.41) is 9.04. The minimum absolute atomic E-state index is 0.152. The van der Waals surface area contributed by atoms with Crippen LogP contribution in [0.3, 0.4) is 0 Å². The number of ether oxygens (including phenoxy) is 2. The predicted molar refractivity (Wildman–Crippen MR) is 55.6 cm³/mol. The zero-order chi connectivity index (χ0) is 12.3. The second-order valence-electron chi connectivity index (χ2n) is 4.26. The Labute approximate surface area is 94.0 Å². The van der Waals surface area contributed by atoms with E-state index in [9.17, 15) is 9.59 Å². The average molecular weight is 228 g/mol. The molecule has 5 nitrogen and oxygen atoms in total. The largest absolute Gasteiger partial charge is 0.515 e. The zero-order valence-electron chi connectivity index (χ0n) is 9.60. The van der Waals surface area contributed by atoms with Crippen LogP contribution in [-0.2, 0) is 19.1 Å². The highest BCUT2D eigenvalue weighted by atomic mass is 16.5. The second-order valence-corrected chi connectivity index (χ2v) is 4.26. The molecule has 0 aromatic heterocycles. The summed E-state index contributed by atoms with van der Waals surface area (Å²) in [5.74, 6) is -0.873. The number of carbonyl (C=O) groups is 2. The molecule has 1 fully saturated rings. The van der Waals surface area contributed by atoms with Gasteiger partial charge in [-0.05, 0) is 6.92 Å². The SMILES string of the molecule is CCOC(=O)/C(=C/O)[C@@H]1[C@H](OC=O)C1(C)C. The van der Waals surface area contributed by atoms with Gasteiger partial charge in [-0.1, -0.05) is 13.8 Å². The van der Waals surface area contributed by atoms with Gasteiger partial charge in [-0.15, -0.1) is 0 Å². The Balaban J connectivity index is 2.77. The fraction of sp³-hybridized carbons (Fsp3) is 0.636. The zero-order valence-corrected chi connectivity index (χ0v) is 9.60. The van der Waals surface area contributed by atoms with Crippen LogP contribution in [0.1, 0.15) is 20.8 Å². The Kier molecular flexibility index (Phi) is 3.57. The third kappa shape index (κ3) is 2.03. The van der Waals surface area contributed by atoms with Gasteiger partial charge in [-0.3, -0.25) is 4.79 Å². The number of carbonyl (C=O) groups excluding carboxylic acids is 2. The summed E-state index contributed by atoms with van der Waals surface area (Å²) in [7, 11) is 0. The first kappa shape index (κ1) is 12.5. The van der Waals surface area contributed by atoms with Crippen LogP contribution in [0.15, 0.2) is 11.8 Å². The van der Waals surface area contributed by atoms with Crippen molar-refractivity contribution in [3.63, 3.8) is 0 Å². The van der Waals surface area contributed by atoms with E-state index >= 15 is 0 Å². The minimum Gasteiger partial charge on any atom is -0.515 e. The van der Waals surface area contributed by atoms with Gasteiger partial charge >= 0.3 is 5.97 Å². The molecule has 1 rings (SSSR count). The Hall–Kier alpha value is -1.52. The van der Waals surface area contributed by atoms with Crippen LogP contribution in [0.2, 0.25) is 0 Å². The summed E-state index contributed by atoms with van der Waals surface area (Å²) >= 11 is 0. The lowest BCUT2D eigenvalue weighted by atomic mass is 10.0. The maximum Gasteiger partial charge on any atom is 0.337 e. The van der Waals surface area contributed by atoms with Gasteiger partial charge in [0.1, 0.15) is 6.10 Å². The van der Waals surface area contributed by atoms with Gasteiger partial charge in [0.25, 0.3) is 6.47 Å². The molecule has 0 saturated heterocycles. The molecule has 0 spiro atoms. The first-order chi connectivity index (χ1) is 7.50. The molecule has 0 aliphatic heterocycles. The molecule has 0 bridgehead atoms. The molecule has 1 aliphatic carbocycles. The summed E-state index contributed by atoms with van der Waals surface area (Å²) in [6.45, 7) is 5.99. The summed E-state index contributed by atoms with van der Waals surface area (Å²) < 4.78 is 9.66. The highest BCUT2D eigenvalue weighted by Gasteiger charge is 2.63. The van der Waals surface area contributed by atoms with Crippen molar-refractivity contribution in [2.75, 3.05) is 6.61 Å². The van der Waals surface area contributed by atoms with Crippen molar-refractivity contribution < 1.29 is 24.2 Å². The molecule has 1 N–H and O–H groups in total. The van der Waals surface area contributed by atoms with Gasteiger partial charge in [0, 0.05) is 11.3 Å². The lowest BCUT2D eigenvalue weighted by molar-refractivity contribution is -0.139. The third-order valence-corrected chi connectivity index (χ3v) is 2.92. The molecule has 1 aliphatic rings. The standard InChI is InChI=1S/C11H16O5/c1-4-15-10(14)7(5-12)8-9(16-6-13)11(8,2)3/h5-6,8-9,12H,4H2,1-3H3/b7-5+/t8-,9+/m1/s1. The summed E-state index contributed by atoms with van der Waals surface area (Å²) in [5.41, 5.74) is -0.193. The molecular formula is C11H16O5. The van der Waals surface area contributed by atoms with E-state index in [4.69, 9.17) is 14.6 Å². The maximum absolute atomic E-state index is 11.5. The first-order valence-corrected chi connectivity index (χ1v) is 5.11. The summed E-state index contributed by atoms with van der Waals surface area (Å²) in [6.07, 6.45) is 0.353. The molecular weight excluding hydrogens is 212 g/mol. The number of hydrogen-bond acceptors (Lipinski definition) is 5. The normalized spacial score (nSPS) is 27.1. The van der Waals surface area contributed by atoms with E-state index in [1.54, 1.807) is 6.92 Å². The molecule has 2 atom stereocenters. The predicted octanol–water partition coefficient (Wildman–Crippen LogP) is 1.19. The average Bonchev–Trinajstić information content (AvgIpc) is 2.72. The fourth-order valence-electron chi connectivity index (χ4n) is 1.94. The molecule has 0 heterocycles. The molecule has 90 valence electrons. The highest BCUT2D eigenvalue weighted by molar-refractivity contribution is 5.90. The van der Waals surface area contributed by atoms with Crippen molar-refractivity contribution in [1.82, 2.24) is 0 Å². The van der Waals surface area contributed by atoms with Crippen LogP contribution < -0.4 is 0 Å². The lowest BCUT2D eigenvalue weighted by Crippen LogP contribution is -2.12. The van der Waals surface area contributed by atoms with Gasteiger partial charge < -0.3 is 14.6 Å². The topological polar surface area (TPSA) is 72.8 Å². The van der Waals surface area contributed by atoms with E-state index in [-0.39, 0.29) is 29.6 Å². The van der Waals surface area contributed by atoms with Crippen LogP contribution in [-0.4, -0.2) is 30.3 Å². The van der Waals surface area contributed by atoms with Gasteiger partial charge in [-0.25, -0.2) is 4.79 Å². The Morgan fingerprint density at radius 2 is 2.12 bits per heavy atom. The number of esters is 1. The van der Waals surface area contributed by atoms with E-state index in [0.717, 1.165) is 6.26 Å². The molecule has 0 unspecified atom stereocenters. The monoisotopic (exact) mass is 228 g/mol. The van der Waals surface area contributed by atoms with Crippen molar-refractivity contribution >= 4 is 12.4 Å². The highest BCUT2D eigenvalue weighted by Crippen LogP contribution is 2.57. The Morgan fingerprint density at radius 3 is 2.56 bits per heavy atom. The van der Waals surface area contributed by atoms with E-state index < -0.39 is 5.97 Å². The molecule has 0 aromatic rings. The van der Waals surface area contributed by atoms with Crippen LogP contribution in [0.4, 0.5) is 0 Å². The number of hydrogen-bond donors (Lipinski definition) is 1.